The van der Waals surface area contributed by atoms with Crippen molar-refractivity contribution < 1.29 is 32.6 Å². The zero-order valence-corrected chi connectivity index (χ0v) is 17.4. The van der Waals surface area contributed by atoms with Gasteiger partial charge in [0.2, 0.25) is 5.91 Å². The van der Waals surface area contributed by atoms with E-state index in [1.54, 1.807) is 7.11 Å². The Labute approximate surface area is 182 Å². The van der Waals surface area contributed by atoms with Gasteiger partial charge >= 0.3 is 12.1 Å². The number of nitrogens with one attached hydrogen (secondary N) is 1. The Balaban J connectivity index is 0.000000451. The molecule has 0 unspecified atom stereocenters. The number of methoxy groups -OCH3 is 1. The Kier molecular flexibility index (Phi) is 8.00. The number of carboxylic acid groups (broad SMARTS) is 1. The first-order valence-corrected chi connectivity index (χ1v) is 9.40. The first-order chi connectivity index (χ1) is 15.0. The van der Waals surface area contributed by atoms with E-state index in [2.05, 4.69) is 10.3 Å². The molecule has 1 aromatic heterocycles. The Bertz CT molecular complexity index is 1120. The molecule has 10 heteroatoms. The number of nitrogens with zero attached hydrogens (tertiary/aromatic N) is 1. The molecule has 7 nitrogen and oxygen atoms in total. The molecule has 2 aromatic carbocycles. The quantitative estimate of drug-likeness (QED) is 0.534. The maximum atomic E-state index is 12.3. The summed E-state index contributed by atoms with van der Waals surface area (Å²) in [5, 5.41) is 10.9. The number of rotatable bonds is 5. The number of amides is 1. The molecule has 1 amide bonds. The second-order valence-electron chi connectivity index (χ2n) is 6.75. The average Bonchev–Trinajstić information content (AvgIpc) is 2.72. The topological polar surface area (TPSA) is 115 Å². The predicted molar refractivity (Wildman–Crippen MR) is 115 cm³/mol. The highest BCUT2D eigenvalue weighted by molar-refractivity contribution is 5.97. The minimum Gasteiger partial charge on any atom is -0.496 e. The van der Waals surface area contributed by atoms with Crippen LogP contribution in [0.5, 0.6) is 5.75 Å². The van der Waals surface area contributed by atoms with Crippen molar-refractivity contribution in [3.05, 3.63) is 59.8 Å². The van der Waals surface area contributed by atoms with Gasteiger partial charge in [0.25, 0.3) is 0 Å². The van der Waals surface area contributed by atoms with Gasteiger partial charge in [0.15, 0.2) is 0 Å². The molecule has 0 aliphatic heterocycles. The van der Waals surface area contributed by atoms with Crippen molar-refractivity contribution in [1.29, 1.82) is 0 Å². The normalized spacial score (nSPS) is 10.8. The molecule has 3 aromatic rings. The van der Waals surface area contributed by atoms with Crippen LogP contribution < -0.4 is 15.8 Å². The zero-order chi connectivity index (χ0) is 23.9. The van der Waals surface area contributed by atoms with Crippen molar-refractivity contribution in [3.63, 3.8) is 0 Å². The number of carboxylic acids is 1. The van der Waals surface area contributed by atoms with E-state index >= 15 is 0 Å². The molecule has 0 saturated carbocycles. The second kappa shape index (κ2) is 10.5. The van der Waals surface area contributed by atoms with E-state index < -0.39 is 12.1 Å². The summed E-state index contributed by atoms with van der Waals surface area (Å²) in [6, 6.07) is 15.1. The van der Waals surface area contributed by atoms with Gasteiger partial charge in [-0.1, -0.05) is 18.2 Å². The highest BCUT2D eigenvalue weighted by atomic mass is 19.4. The van der Waals surface area contributed by atoms with Crippen molar-refractivity contribution >= 4 is 34.2 Å². The fraction of sp³-hybridized carbons (Fsp3) is 0.227. The molecule has 0 atom stereocenters. The first kappa shape index (κ1) is 24.4. The van der Waals surface area contributed by atoms with Gasteiger partial charge in [-0.15, -0.1) is 0 Å². The van der Waals surface area contributed by atoms with E-state index in [0.29, 0.717) is 18.5 Å². The number of nitrogens with two attached hydrogens (primary N) is 1. The molecule has 1 heterocycles. The Morgan fingerprint density at radius 1 is 1.16 bits per heavy atom. The molecule has 3 rings (SSSR count). The molecule has 0 bridgehead atoms. The van der Waals surface area contributed by atoms with Gasteiger partial charge in [0.05, 0.1) is 12.6 Å². The molecule has 0 aliphatic carbocycles. The minimum absolute atomic E-state index is 0.0519. The number of nitrogen functional groups attached to an aromatic ring is 1. The van der Waals surface area contributed by atoms with Gasteiger partial charge in [-0.2, -0.15) is 13.2 Å². The van der Waals surface area contributed by atoms with Crippen molar-refractivity contribution in [2.45, 2.75) is 25.9 Å². The smallest absolute Gasteiger partial charge is 0.490 e. The summed E-state index contributed by atoms with van der Waals surface area (Å²) in [5.74, 6) is -2.01. The zero-order valence-electron chi connectivity index (χ0n) is 17.4. The average molecular weight is 449 g/mol. The number of anilines is 2. The van der Waals surface area contributed by atoms with Crippen molar-refractivity contribution in [1.82, 2.24) is 4.98 Å². The highest BCUT2D eigenvalue weighted by Crippen LogP contribution is 2.24. The monoisotopic (exact) mass is 449 g/mol. The van der Waals surface area contributed by atoms with Crippen LogP contribution in [0, 0.1) is 6.92 Å². The molecule has 170 valence electrons. The largest absolute Gasteiger partial charge is 0.496 e. The van der Waals surface area contributed by atoms with Gasteiger partial charge in [-0.3, -0.25) is 9.78 Å². The number of carbonyl (C=O) groups is 2. The van der Waals surface area contributed by atoms with Crippen LogP contribution in [-0.2, 0) is 16.0 Å². The molecule has 32 heavy (non-hydrogen) atoms. The van der Waals surface area contributed by atoms with E-state index in [1.807, 2.05) is 55.5 Å². The van der Waals surface area contributed by atoms with E-state index in [0.717, 1.165) is 33.6 Å². The molecule has 0 saturated heterocycles. The maximum absolute atomic E-state index is 12.3. The number of aliphatic carboxylic acids is 1. The van der Waals surface area contributed by atoms with E-state index in [1.165, 1.54) is 0 Å². The number of benzene rings is 2. The summed E-state index contributed by atoms with van der Waals surface area (Å²) >= 11 is 0. The SMILES string of the molecule is COc1ccccc1CCC(=O)Nc1ccc2nc(C)cc(N)c2c1.O=C(O)C(F)(F)F. The summed E-state index contributed by atoms with van der Waals surface area (Å²) in [4.78, 5) is 25.6. The van der Waals surface area contributed by atoms with Crippen molar-refractivity contribution in [2.75, 3.05) is 18.2 Å². The van der Waals surface area contributed by atoms with Crippen LogP contribution in [0.4, 0.5) is 24.5 Å². The predicted octanol–water partition coefficient (Wildman–Crippen LogP) is 4.34. The van der Waals surface area contributed by atoms with Crippen LogP contribution >= 0.6 is 0 Å². The third kappa shape index (κ3) is 6.86. The lowest BCUT2D eigenvalue weighted by molar-refractivity contribution is -0.192. The van der Waals surface area contributed by atoms with Crippen molar-refractivity contribution in [2.24, 2.45) is 0 Å². The van der Waals surface area contributed by atoms with Crippen LogP contribution in [-0.4, -0.2) is 35.3 Å². The lowest BCUT2D eigenvalue weighted by Gasteiger charge is -2.10. The Morgan fingerprint density at radius 2 is 1.81 bits per heavy atom. The standard InChI is InChI=1S/C20H21N3O2.C2HF3O2/c1-13-11-17(21)16-12-15(8-9-18(16)22-13)23-20(24)10-7-14-5-3-4-6-19(14)25-2;3-2(4,5)1(6)7/h3-6,8-9,11-12H,7,10H2,1-2H3,(H2,21,22)(H,23,24);(H,6,7). The lowest BCUT2D eigenvalue weighted by atomic mass is 10.1. The molecule has 0 aliphatic rings. The van der Waals surface area contributed by atoms with Gasteiger partial charge in [-0.05, 0) is 49.2 Å². The number of aryl methyl sites for hydroxylation is 2. The fourth-order valence-electron chi connectivity index (χ4n) is 2.85. The van der Waals surface area contributed by atoms with Crippen LogP contribution in [0.2, 0.25) is 0 Å². The minimum atomic E-state index is -5.08. The Hall–Kier alpha value is -3.82. The van der Waals surface area contributed by atoms with Gasteiger partial charge in [0.1, 0.15) is 5.75 Å². The number of hydrogen-bond donors (Lipinski definition) is 3. The van der Waals surface area contributed by atoms with E-state index in [-0.39, 0.29) is 5.91 Å². The Morgan fingerprint density at radius 3 is 2.44 bits per heavy atom. The lowest BCUT2D eigenvalue weighted by Crippen LogP contribution is -2.21. The summed E-state index contributed by atoms with van der Waals surface area (Å²) in [5.41, 5.74) is 10.1. The molecule has 0 fully saturated rings. The first-order valence-electron chi connectivity index (χ1n) is 9.40. The van der Waals surface area contributed by atoms with Crippen molar-refractivity contribution in [3.8, 4) is 5.75 Å². The van der Waals surface area contributed by atoms with E-state index in [9.17, 15) is 18.0 Å². The number of para-hydroxylation sites is 1. The van der Waals surface area contributed by atoms with E-state index in [4.69, 9.17) is 20.4 Å². The molecular weight excluding hydrogens is 427 g/mol. The number of carbonyl (C=O) groups excluding carboxylic acids is 1. The van der Waals surface area contributed by atoms with Gasteiger partial charge < -0.3 is 20.9 Å². The third-order valence-electron chi connectivity index (χ3n) is 4.31. The van der Waals surface area contributed by atoms with Gasteiger partial charge in [0, 0.05) is 28.9 Å². The molecule has 0 spiro atoms. The molecular formula is C22H22F3N3O4. The number of hydrogen-bond acceptors (Lipinski definition) is 5. The van der Waals surface area contributed by atoms with Crippen LogP contribution in [0.1, 0.15) is 17.7 Å². The van der Waals surface area contributed by atoms with Crippen LogP contribution in [0.3, 0.4) is 0 Å². The summed E-state index contributed by atoms with van der Waals surface area (Å²) < 4.78 is 37.1. The summed E-state index contributed by atoms with van der Waals surface area (Å²) in [6.07, 6.45) is -4.09. The number of ether oxygens (including phenoxy) is 1. The highest BCUT2D eigenvalue weighted by Gasteiger charge is 2.38. The number of pyridine rings is 1. The van der Waals surface area contributed by atoms with Crippen LogP contribution in [0.15, 0.2) is 48.5 Å². The number of aromatic nitrogens is 1. The number of fused-ring (bicyclic) bond motifs is 1. The summed E-state index contributed by atoms with van der Waals surface area (Å²) in [7, 11) is 1.63. The number of alkyl halides is 3. The fourth-order valence-corrected chi connectivity index (χ4v) is 2.85. The maximum Gasteiger partial charge on any atom is 0.490 e. The number of halogens is 3. The third-order valence-corrected chi connectivity index (χ3v) is 4.31. The molecule has 0 radical (unpaired) electrons. The van der Waals surface area contributed by atoms with Gasteiger partial charge in [-0.25, -0.2) is 4.79 Å². The van der Waals surface area contributed by atoms with Crippen LogP contribution in [0.25, 0.3) is 10.9 Å². The molecule has 4 N–H and O–H groups in total. The summed E-state index contributed by atoms with van der Waals surface area (Å²) in [6.45, 7) is 1.91. The second-order valence-corrected chi connectivity index (χ2v) is 6.75.